The Balaban J connectivity index is 1.80. The molecule has 0 saturated carbocycles. The summed E-state index contributed by atoms with van der Waals surface area (Å²) >= 11 is 12.2. The van der Waals surface area contributed by atoms with Crippen molar-refractivity contribution in [3.05, 3.63) is 63.9 Å². The number of aryl methyl sites for hydroxylation is 2. The van der Waals surface area contributed by atoms with Gasteiger partial charge in [-0.1, -0.05) is 47.5 Å². The molecule has 0 saturated heterocycles. The largest absolute Gasteiger partial charge is 0.342 e. The topological polar surface area (TPSA) is 28.7 Å². The Hall–Kier alpha value is -1.51. The summed E-state index contributed by atoms with van der Waals surface area (Å²) in [5.74, 6) is 0.970. The summed E-state index contributed by atoms with van der Waals surface area (Å²) in [4.78, 5) is 7.86. The quantitative estimate of drug-likeness (QED) is 0.747. The van der Waals surface area contributed by atoms with Gasteiger partial charge in [-0.2, -0.15) is 0 Å². The summed E-state index contributed by atoms with van der Waals surface area (Å²) < 4.78 is 0. The summed E-state index contributed by atoms with van der Waals surface area (Å²) in [5, 5.41) is 1.24. The second kappa shape index (κ2) is 5.24. The highest BCUT2D eigenvalue weighted by Crippen LogP contribution is 2.26. The lowest BCUT2D eigenvalue weighted by Gasteiger charge is -2.04. The lowest BCUT2D eigenvalue weighted by Crippen LogP contribution is -1.94. The number of aromatic amines is 1. The zero-order valence-corrected chi connectivity index (χ0v) is 11.7. The van der Waals surface area contributed by atoms with Crippen molar-refractivity contribution >= 4 is 34.2 Å². The maximum atomic E-state index is 6.18. The minimum atomic E-state index is 0.601. The number of hydrogen-bond donors (Lipinski definition) is 1. The number of imidazole rings is 1. The molecular formula is C15H12Cl2N2. The van der Waals surface area contributed by atoms with Gasteiger partial charge in [0.1, 0.15) is 5.82 Å². The number of halogens is 2. The third kappa shape index (κ3) is 2.60. The van der Waals surface area contributed by atoms with Gasteiger partial charge in [0.05, 0.1) is 21.1 Å². The minimum Gasteiger partial charge on any atom is -0.342 e. The maximum absolute atomic E-state index is 6.18. The predicted octanol–water partition coefficient (Wildman–Crippen LogP) is 4.65. The zero-order valence-electron chi connectivity index (χ0n) is 10.2. The van der Waals surface area contributed by atoms with E-state index in [-0.39, 0.29) is 0 Å². The molecule has 1 aromatic heterocycles. The Labute approximate surface area is 121 Å². The smallest absolute Gasteiger partial charge is 0.107 e. The summed E-state index contributed by atoms with van der Waals surface area (Å²) in [6.45, 7) is 0. The Morgan fingerprint density at radius 1 is 0.947 bits per heavy atom. The molecule has 2 nitrogen and oxygen atoms in total. The predicted molar refractivity (Wildman–Crippen MR) is 80.0 cm³/mol. The first-order valence-corrected chi connectivity index (χ1v) is 6.86. The molecule has 0 atom stereocenters. The summed E-state index contributed by atoms with van der Waals surface area (Å²) in [6.07, 6.45) is 1.63. The van der Waals surface area contributed by atoms with Crippen LogP contribution in [0.1, 0.15) is 11.4 Å². The molecule has 1 heterocycles. The number of H-pyrrole nitrogens is 1. The van der Waals surface area contributed by atoms with Crippen molar-refractivity contribution in [2.75, 3.05) is 0 Å². The number of benzene rings is 2. The molecule has 0 radical (unpaired) electrons. The summed E-state index contributed by atoms with van der Waals surface area (Å²) in [6, 6.07) is 13.7. The molecule has 0 aliphatic rings. The van der Waals surface area contributed by atoms with Crippen LogP contribution < -0.4 is 0 Å². The SMILES string of the molecule is Clc1cccc(CCc2nc3ccccc3[nH]2)c1Cl. The Kier molecular flexibility index (Phi) is 3.45. The number of nitrogens with one attached hydrogen (secondary N) is 1. The normalized spacial score (nSPS) is 11.1. The summed E-state index contributed by atoms with van der Waals surface area (Å²) in [7, 11) is 0. The van der Waals surface area contributed by atoms with Gasteiger partial charge in [0.15, 0.2) is 0 Å². The average Bonchev–Trinajstić information content (AvgIpc) is 2.83. The van der Waals surface area contributed by atoms with Gasteiger partial charge in [-0.05, 0) is 30.2 Å². The second-order valence-corrected chi connectivity index (χ2v) is 5.20. The van der Waals surface area contributed by atoms with E-state index in [4.69, 9.17) is 23.2 Å². The van der Waals surface area contributed by atoms with Crippen LogP contribution in [0.4, 0.5) is 0 Å². The van der Waals surface area contributed by atoms with Crippen molar-refractivity contribution in [2.24, 2.45) is 0 Å². The van der Waals surface area contributed by atoms with E-state index >= 15 is 0 Å². The molecule has 3 aromatic rings. The van der Waals surface area contributed by atoms with Crippen molar-refractivity contribution in [1.82, 2.24) is 9.97 Å². The van der Waals surface area contributed by atoms with Gasteiger partial charge in [-0.15, -0.1) is 0 Å². The van der Waals surface area contributed by atoms with Crippen molar-refractivity contribution in [3.63, 3.8) is 0 Å². The van der Waals surface area contributed by atoms with Gasteiger partial charge >= 0.3 is 0 Å². The summed E-state index contributed by atoms with van der Waals surface area (Å²) in [5.41, 5.74) is 3.11. The van der Waals surface area contributed by atoms with Gasteiger partial charge in [-0.3, -0.25) is 0 Å². The molecule has 0 aliphatic heterocycles. The van der Waals surface area contributed by atoms with Crippen LogP contribution >= 0.6 is 23.2 Å². The highest BCUT2D eigenvalue weighted by molar-refractivity contribution is 6.42. The van der Waals surface area contributed by atoms with Crippen molar-refractivity contribution in [1.29, 1.82) is 0 Å². The van der Waals surface area contributed by atoms with Crippen LogP contribution in [0, 0.1) is 0 Å². The van der Waals surface area contributed by atoms with Crippen LogP contribution in [0.25, 0.3) is 11.0 Å². The van der Waals surface area contributed by atoms with E-state index in [1.54, 1.807) is 6.07 Å². The highest BCUT2D eigenvalue weighted by Gasteiger charge is 2.06. The molecule has 4 heteroatoms. The molecule has 0 spiro atoms. The first-order chi connectivity index (χ1) is 9.24. The third-order valence-corrected chi connectivity index (χ3v) is 3.96. The van der Waals surface area contributed by atoms with Crippen LogP contribution in [0.15, 0.2) is 42.5 Å². The van der Waals surface area contributed by atoms with E-state index < -0.39 is 0 Å². The first-order valence-electron chi connectivity index (χ1n) is 6.10. The van der Waals surface area contributed by atoms with Crippen LogP contribution in [0.5, 0.6) is 0 Å². The number of aromatic nitrogens is 2. The van der Waals surface area contributed by atoms with Crippen LogP contribution in [-0.4, -0.2) is 9.97 Å². The molecule has 0 bridgehead atoms. The van der Waals surface area contributed by atoms with Crippen molar-refractivity contribution < 1.29 is 0 Å². The van der Waals surface area contributed by atoms with E-state index in [2.05, 4.69) is 9.97 Å². The van der Waals surface area contributed by atoms with Crippen LogP contribution in [0.2, 0.25) is 10.0 Å². The Bertz CT molecular complexity index is 686. The van der Waals surface area contributed by atoms with Gasteiger partial charge in [0.2, 0.25) is 0 Å². The number of hydrogen-bond acceptors (Lipinski definition) is 1. The van der Waals surface area contributed by atoms with Crippen LogP contribution in [-0.2, 0) is 12.8 Å². The first kappa shape index (κ1) is 12.5. The minimum absolute atomic E-state index is 0.601. The molecule has 96 valence electrons. The average molecular weight is 291 g/mol. The lowest BCUT2D eigenvalue weighted by molar-refractivity contribution is 0.890. The Morgan fingerprint density at radius 3 is 2.63 bits per heavy atom. The van der Waals surface area contributed by atoms with Crippen LogP contribution in [0.3, 0.4) is 0 Å². The molecule has 0 fully saturated rings. The van der Waals surface area contributed by atoms with E-state index in [9.17, 15) is 0 Å². The second-order valence-electron chi connectivity index (χ2n) is 4.41. The van der Waals surface area contributed by atoms with Gasteiger partial charge < -0.3 is 4.98 Å². The van der Waals surface area contributed by atoms with Crippen molar-refractivity contribution in [3.8, 4) is 0 Å². The number of para-hydroxylation sites is 2. The lowest BCUT2D eigenvalue weighted by atomic mass is 10.1. The van der Waals surface area contributed by atoms with Gasteiger partial charge in [0, 0.05) is 6.42 Å². The maximum Gasteiger partial charge on any atom is 0.107 e. The fourth-order valence-corrected chi connectivity index (χ4v) is 2.53. The molecule has 0 unspecified atom stereocenters. The van der Waals surface area contributed by atoms with Gasteiger partial charge in [0.25, 0.3) is 0 Å². The zero-order chi connectivity index (χ0) is 13.2. The molecule has 19 heavy (non-hydrogen) atoms. The van der Waals surface area contributed by atoms with E-state index in [0.717, 1.165) is 35.3 Å². The molecule has 3 rings (SSSR count). The molecular weight excluding hydrogens is 279 g/mol. The molecule has 2 aromatic carbocycles. The standard InChI is InChI=1S/C15H12Cl2N2/c16-11-5-3-4-10(15(11)17)8-9-14-18-12-6-1-2-7-13(12)19-14/h1-7H,8-9H2,(H,18,19). The number of rotatable bonds is 3. The molecule has 1 N–H and O–H groups in total. The Morgan fingerprint density at radius 2 is 1.79 bits per heavy atom. The highest BCUT2D eigenvalue weighted by atomic mass is 35.5. The molecule has 0 amide bonds. The van der Waals surface area contributed by atoms with E-state index in [1.165, 1.54) is 0 Å². The third-order valence-electron chi connectivity index (χ3n) is 3.10. The molecule has 0 aliphatic carbocycles. The number of nitrogens with zero attached hydrogens (tertiary/aromatic N) is 1. The fourth-order valence-electron chi connectivity index (χ4n) is 2.12. The van der Waals surface area contributed by atoms with Gasteiger partial charge in [-0.25, -0.2) is 4.98 Å². The fraction of sp³-hybridized carbons (Fsp3) is 0.133. The monoisotopic (exact) mass is 290 g/mol. The van der Waals surface area contributed by atoms with E-state index in [0.29, 0.717) is 10.0 Å². The number of fused-ring (bicyclic) bond motifs is 1. The van der Waals surface area contributed by atoms with E-state index in [1.807, 2.05) is 36.4 Å². The van der Waals surface area contributed by atoms with Crippen molar-refractivity contribution in [2.45, 2.75) is 12.8 Å².